The number of piperazine rings is 1. The summed E-state index contributed by atoms with van der Waals surface area (Å²) >= 11 is 0. The summed E-state index contributed by atoms with van der Waals surface area (Å²) in [6, 6.07) is 0.806. The maximum absolute atomic E-state index is 12.1. The number of rotatable bonds is 1. The van der Waals surface area contributed by atoms with E-state index >= 15 is 0 Å². The Labute approximate surface area is 103 Å². The van der Waals surface area contributed by atoms with Gasteiger partial charge in [0.05, 0.1) is 12.5 Å². The van der Waals surface area contributed by atoms with Crippen molar-refractivity contribution in [3.8, 4) is 0 Å². The van der Waals surface area contributed by atoms with E-state index in [1.54, 1.807) is 0 Å². The Balaban J connectivity index is 0.00000128. The fourth-order valence-corrected chi connectivity index (χ4v) is 2.49. The largest absolute Gasteiger partial charge is 0.381 e. The van der Waals surface area contributed by atoms with Crippen LogP contribution in [0.5, 0.6) is 0 Å². The SMILES string of the molecule is CC1CN(C(=O)C2CCOC2)CC(C)N1.Cl. The van der Waals surface area contributed by atoms with Crippen LogP contribution >= 0.6 is 12.4 Å². The van der Waals surface area contributed by atoms with Crippen LogP contribution < -0.4 is 5.32 Å². The number of hydrogen-bond donors (Lipinski definition) is 1. The molecule has 2 rings (SSSR count). The van der Waals surface area contributed by atoms with E-state index in [-0.39, 0.29) is 24.2 Å². The van der Waals surface area contributed by atoms with Crippen LogP contribution in [0.1, 0.15) is 20.3 Å². The number of ether oxygens (including phenoxy) is 1. The van der Waals surface area contributed by atoms with E-state index in [1.807, 2.05) is 4.90 Å². The monoisotopic (exact) mass is 248 g/mol. The van der Waals surface area contributed by atoms with Crippen LogP contribution in [0.2, 0.25) is 0 Å². The number of hydrogen-bond acceptors (Lipinski definition) is 3. The van der Waals surface area contributed by atoms with Gasteiger partial charge in [-0.15, -0.1) is 12.4 Å². The summed E-state index contributed by atoms with van der Waals surface area (Å²) < 4.78 is 5.26. The molecule has 2 heterocycles. The van der Waals surface area contributed by atoms with Crippen LogP contribution in [0.3, 0.4) is 0 Å². The lowest BCUT2D eigenvalue weighted by Crippen LogP contribution is -2.57. The summed E-state index contributed by atoms with van der Waals surface area (Å²) in [6.45, 7) is 7.28. The lowest BCUT2D eigenvalue weighted by Gasteiger charge is -2.37. The van der Waals surface area contributed by atoms with E-state index in [0.29, 0.717) is 18.7 Å². The minimum Gasteiger partial charge on any atom is -0.381 e. The maximum atomic E-state index is 12.1. The molecular weight excluding hydrogens is 228 g/mol. The molecule has 0 aromatic heterocycles. The van der Waals surface area contributed by atoms with E-state index in [9.17, 15) is 4.79 Å². The van der Waals surface area contributed by atoms with E-state index in [2.05, 4.69) is 19.2 Å². The van der Waals surface area contributed by atoms with Gasteiger partial charge in [-0.2, -0.15) is 0 Å². The minimum atomic E-state index is 0. The Morgan fingerprint density at radius 3 is 2.44 bits per heavy atom. The highest BCUT2D eigenvalue weighted by atomic mass is 35.5. The first-order valence-electron chi connectivity index (χ1n) is 5.79. The van der Waals surface area contributed by atoms with Gasteiger partial charge in [-0.1, -0.05) is 0 Å². The van der Waals surface area contributed by atoms with E-state index in [4.69, 9.17) is 4.74 Å². The Morgan fingerprint density at radius 2 is 1.94 bits per heavy atom. The molecule has 0 bridgehead atoms. The number of amides is 1. The van der Waals surface area contributed by atoms with Crippen molar-refractivity contribution in [2.75, 3.05) is 26.3 Å². The average Bonchev–Trinajstić information content (AvgIpc) is 2.67. The summed E-state index contributed by atoms with van der Waals surface area (Å²) in [5.41, 5.74) is 0. The van der Waals surface area contributed by atoms with Crippen molar-refractivity contribution in [2.24, 2.45) is 5.92 Å². The van der Waals surface area contributed by atoms with Crippen LogP contribution in [-0.4, -0.2) is 49.2 Å². The van der Waals surface area contributed by atoms with E-state index in [0.717, 1.165) is 26.1 Å². The normalized spacial score (nSPS) is 34.6. The van der Waals surface area contributed by atoms with Gasteiger partial charge in [0.2, 0.25) is 5.91 Å². The van der Waals surface area contributed by atoms with Gasteiger partial charge < -0.3 is 15.0 Å². The molecule has 1 amide bonds. The Hall–Kier alpha value is -0.320. The van der Waals surface area contributed by atoms with Crippen molar-refractivity contribution in [2.45, 2.75) is 32.4 Å². The molecule has 5 heteroatoms. The fraction of sp³-hybridized carbons (Fsp3) is 0.909. The highest BCUT2D eigenvalue weighted by Crippen LogP contribution is 2.17. The molecule has 16 heavy (non-hydrogen) atoms. The summed E-state index contributed by atoms with van der Waals surface area (Å²) in [4.78, 5) is 14.1. The highest BCUT2D eigenvalue weighted by Gasteiger charge is 2.31. The minimum absolute atomic E-state index is 0. The molecule has 2 saturated heterocycles. The molecule has 3 unspecified atom stereocenters. The van der Waals surface area contributed by atoms with Crippen molar-refractivity contribution < 1.29 is 9.53 Å². The molecule has 1 N–H and O–H groups in total. The molecular formula is C11H21ClN2O2. The number of carbonyl (C=O) groups is 1. The lowest BCUT2D eigenvalue weighted by molar-refractivity contribution is -0.137. The van der Waals surface area contributed by atoms with Crippen molar-refractivity contribution >= 4 is 18.3 Å². The second-order valence-corrected chi connectivity index (χ2v) is 4.77. The third kappa shape index (κ3) is 3.09. The van der Waals surface area contributed by atoms with Crippen LogP contribution in [0.25, 0.3) is 0 Å². The summed E-state index contributed by atoms with van der Waals surface area (Å²) in [7, 11) is 0. The Morgan fingerprint density at radius 1 is 1.31 bits per heavy atom. The van der Waals surface area contributed by atoms with Crippen molar-refractivity contribution in [1.29, 1.82) is 0 Å². The maximum Gasteiger partial charge on any atom is 0.228 e. The summed E-state index contributed by atoms with van der Waals surface area (Å²) in [5, 5.41) is 3.43. The molecule has 0 spiro atoms. The predicted octanol–water partition coefficient (Wildman–Crippen LogP) is 0.653. The average molecular weight is 249 g/mol. The Bertz CT molecular complexity index is 234. The molecule has 0 aromatic carbocycles. The molecule has 0 radical (unpaired) electrons. The van der Waals surface area contributed by atoms with Gasteiger partial charge in [-0.05, 0) is 20.3 Å². The molecule has 0 aromatic rings. The van der Waals surface area contributed by atoms with Gasteiger partial charge in [0.25, 0.3) is 0 Å². The molecule has 0 saturated carbocycles. The van der Waals surface area contributed by atoms with Gasteiger partial charge in [0.1, 0.15) is 0 Å². The molecule has 2 aliphatic rings. The quantitative estimate of drug-likeness (QED) is 0.741. The smallest absolute Gasteiger partial charge is 0.228 e. The second kappa shape index (κ2) is 5.84. The number of halogens is 1. The summed E-state index contributed by atoms with van der Waals surface area (Å²) in [6.07, 6.45) is 0.894. The van der Waals surface area contributed by atoms with Gasteiger partial charge >= 0.3 is 0 Å². The Kier molecular flexibility index (Phi) is 5.02. The zero-order chi connectivity index (χ0) is 10.8. The standard InChI is InChI=1S/C11H20N2O2.ClH/c1-8-5-13(6-9(2)12-8)11(14)10-3-4-15-7-10;/h8-10,12H,3-7H2,1-2H3;1H. The highest BCUT2D eigenvalue weighted by molar-refractivity contribution is 5.85. The second-order valence-electron chi connectivity index (χ2n) is 4.77. The predicted molar refractivity (Wildman–Crippen MR) is 64.8 cm³/mol. The zero-order valence-electron chi connectivity index (χ0n) is 9.94. The van der Waals surface area contributed by atoms with E-state index in [1.165, 1.54) is 0 Å². The fourth-order valence-electron chi connectivity index (χ4n) is 2.49. The van der Waals surface area contributed by atoms with Crippen LogP contribution in [0.4, 0.5) is 0 Å². The third-order valence-corrected chi connectivity index (χ3v) is 3.15. The molecule has 2 aliphatic heterocycles. The topological polar surface area (TPSA) is 41.6 Å². The van der Waals surface area contributed by atoms with Crippen molar-refractivity contribution in [3.05, 3.63) is 0 Å². The van der Waals surface area contributed by atoms with Gasteiger partial charge in [-0.3, -0.25) is 4.79 Å². The first-order valence-corrected chi connectivity index (χ1v) is 5.79. The number of carbonyl (C=O) groups excluding carboxylic acids is 1. The van der Waals surface area contributed by atoms with Crippen LogP contribution in [-0.2, 0) is 9.53 Å². The zero-order valence-corrected chi connectivity index (χ0v) is 10.8. The van der Waals surface area contributed by atoms with Crippen LogP contribution in [0, 0.1) is 5.92 Å². The molecule has 2 fully saturated rings. The van der Waals surface area contributed by atoms with Crippen LogP contribution in [0.15, 0.2) is 0 Å². The van der Waals surface area contributed by atoms with Gasteiger partial charge in [-0.25, -0.2) is 0 Å². The molecule has 4 nitrogen and oxygen atoms in total. The number of nitrogens with one attached hydrogen (secondary N) is 1. The lowest BCUT2D eigenvalue weighted by atomic mass is 10.0. The first-order chi connectivity index (χ1) is 7.16. The van der Waals surface area contributed by atoms with Gasteiger partial charge in [0, 0.05) is 31.8 Å². The molecule has 3 atom stereocenters. The van der Waals surface area contributed by atoms with Crippen molar-refractivity contribution in [1.82, 2.24) is 10.2 Å². The third-order valence-electron chi connectivity index (χ3n) is 3.15. The molecule has 94 valence electrons. The van der Waals surface area contributed by atoms with Crippen molar-refractivity contribution in [3.63, 3.8) is 0 Å². The number of nitrogens with zero attached hydrogens (tertiary/aromatic N) is 1. The molecule has 0 aliphatic carbocycles. The first kappa shape index (κ1) is 13.7. The van der Waals surface area contributed by atoms with Gasteiger partial charge in [0.15, 0.2) is 0 Å². The van der Waals surface area contributed by atoms with E-state index < -0.39 is 0 Å². The summed E-state index contributed by atoms with van der Waals surface area (Å²) in [5.74, 6) is 0.398.